The number of hydrogen-bond donors (Lipinski definition) is 1. The molecule has 102 valence electrons. The van der Waals surface area contributed by atoms with Gasteiger partial charge in [-0.15, -0.1) is 0 Å². The van der Waals surface area contributed by atoms with Gasteiger partial charge in [0, 0.05) is 12.5 Å². The summed E-state index contributed by atoms with van der Waals surface area (Å²) in [6.07, 6.45) is 2.24. The molecule has 1 saturated carbocycles. The first-order valence-corrected chi connectivity index (χ1v) is 6.81. The zero-order valence-corrected chi connectivity index (χ0v) is 10.7. The van der Waals surface area contributed by atoms with Crippen LogP contribution in [0.3, 0.4) is 0 Å². The molecule has 1 nitrogen and oxygen atoms in total. The van der Waals surface area contributed by atoms with Crippen LogP contribution in [0.15, 0.2) is 0 Å². The molecule has 17 heavy (non-hydrogen) atoms. The van der Waals surface area contributed by atoms with Crippen molar-refractivity contribution in [3.05, 3.63) is 0 Å². The SMILES string of the molecule is CCCNC(CCCC(F)(F)F)CC1CCC1. The van der Waals surface area contributed by atoms with E-state index in [1.165, 1.54) is 19.3 Å². The molecule has 1 N–H and O–H groups in total. The normalized spacial score (nSPS) is 19.1. The van der Waals surface area contributed by atoms with Crippen molar-refractivity contribution in [2.45, 2.75) is 70.5 Å². The fraction of sp³-hybridized carbons (Fsp3) is 1.00. The number of alkyl halides is 3. The van der Waals surface area contributed by atoms with Crippen molar-refractivity contribution in [1.82, 2.24) is 5.32 Å². The Morgan fingerprint density at radius 1 is 1.29 bits per heavy atom. The first-order valence-electron chi connectivity index (χ1n) is 6.81. The van der Waals surface area contributed by atoms with Crippen LogP contribution in [0, 0.1) is 5.92 Å². The summed E-state index contributed by atoms with van der Waals surface area (Å²) in [5.41, 5.74) is 0. The van der Waals surface area contributed by atoms with Gasteiger partial charge >= 0.3 is 6.18 Å². The fourth-order valence-corrected chi connectivity index (χ4v) is 2.33. The van der Waals surface area contributed by atoms with Crippen molar-refractivity contribution in [2.24, 2.45) is 5.92 Å². The quantitative estimate of drug-likeness (QED) is 0.679. The lowest BCUT2D eigenvalue weighted by Crippen LogP contribution is -2.33. The van der Waals surface area contributed by atoms with Crippen molar-refractivity contribution in [2.75, 3.05) is 6.54 Å². The summed E-state index contributed by atoms with van der Waals surface area (Å²) in [5.74, 6) is 0.759. The third kappa shape index (κ3) is 6.92. The topological polar surface area (TPSA) is 12.0 Å². The van der Waals surface area contributed by atoms with E-state index in [4.69, 9.17) is 0 Å². The van der Waals surface area contributed by atoms with Crippen LogP contribution in [-0.2, 0) is 0 Å². The Labute approximate surface area is 102 Å². The first kappa shape index (κ1) is 14.8. The molecular formula is C13H24F3N. The summed E-state index contributed by atoms with van der Waals surface area (Å²) in [7, 11) is 0. The predicted molar refractivity (Wildman–Crippen MR) is 63.9 cm³/mol. The molecule has 0 bridgehead atoms. The molecule has 0 aromatic carbocycles. The molecule has 0 aromatic heterocycles. The lowest BCUT2D eigenvalue weighted by Gasteiger charge is -2.30. The Kier molecular flexibility index (Phi) is 6.31. The monoisotopic (exact) mass is 251 g/mol. The molecule has 0 spiro atoms. The number of rotatable bonds is 8. The third-order valence-corrected chi connectivity index (χ3v) is 3.54. The van der Waals surface area contributed by atoms with Gasteiger partial charge in [0.15, 0.2) is 0 Å². The van der Waals surface area contributed by atoms with Crippen molar-refractivity contribution in [3.63, 3.8) is 0 Å². The second-order valence-corrected chi connectivity index (χ2v) is 5.19. The molecule has 0 amide bonds. The largest absolute Gasteiger partial charge is 0.389 e. The van der Waals surface area contributed by atoms with Crippen LogP contribution < -0.4 is 5.32 Å². The molecule has 1 rings (SSSR count). The third-order valence-electron chi connectivity index (χ3n) is 3.54. The van der Waals surface area contributed by atoms with E-state index in [-0.39, 0.29) is 6.42 Å². The van der Waals surface area contributed by atoms with E-state index < -0.39 is 12.6 Å². The molecule has 1 aliphatic rings. The van der Waals surface area contributed by atoms with Gasteiger partial charge in [-0.25, -0.2) is 0 Å². The maximum absolute atomic E-state index is 12.1. The van der Waals surface area contributed by atoms with Gasteiger partial charge in [-0.2, -0.15) is 13.2 Å². The summed E-state index contributed by atoms with van der Waals surface area (Å²) in [6, 6.07) is 0.294. The van der Waals surface area contributed by atoms with Gasteiger partial charge in [0.1, 0.15) is 0 Å². The number of hydrogen-bond acceptors (Lipinski definition) is 1. The summed E-state index contributed by atoms with van der Waals surface area (Å²) in [6.45, 7) is 3.01. The second-order valence-electron chi connectivity index (χ2n) is 5.19. The lowest BCUT2D eigenvalue weighted by molar-refractivity contribution is -0.135. The Balaban J connectivity index is 2.19. The molecule has 4 heteroatoms. The molecule has 1 atom stereocenters. The van der Waals surface area contributed by atoms with Gasteiger partial charge in [-0.05, 0) is 38.1 Å². The van der Waals surface area contributed by atoms with Crippen LogP contribution in [0.2, 0.25) is 0 Å². The molecule has 0 heterocycles. The zero-order valence-electron chi connectivity index (χ0n) is 10.7. The average molecular weight is 251 g/mol. The Morgan fingerprint density at radius 2 is 2.00 bits per heavy atom. The van der Waals surface area contributed by atoms with E-state index in [9.17, 15) is 13.2 Å². The fourth-order valence-electron chi connectivity index (χ4n) is 2.33. The maximum Gasteiger partial charge on any atom is 0.389 e. The van der Waals surface area contributed by atoms with Gasteiger partial charge in [-0.1, -0.05) is 26.2 Å². The highest BCUT2D eigenvalue weighted by atomic mass is 19.4. The van der Waals surface area contributed by atoms with E-state index in [1.54, 1.807) is 0 Å². The minimum atomic E-state index is -3.99. The standard InChI is InChI=1S/C13H24F3N/c1-2-9-17-12(10-11-5-3-6-11)7-4-8-13(14,15)16/h11-12,17H,2-10H2,1H3. The summed E-state index contributed by atoms with van der Waals surface area (Å²) in [5, 5.41) is 3.39. The Bertz CT molecular complexity index is 199. The van der Waals surface area contributed by atoms with Crippen LogP contribution in [0.4, 0.5) is 13.2 Å². The van der Waals surface area contributed by atoms with Gasteiger partial charge in [0.2, 0.25) is 0 Å². The Morgan fingerprint density at radius 3 is 2.47 bits per heavy atom. The summed E-state index contributed by atoms with van der Waals surface area (Å²) >= 11 is 0. The molecular weight excluding hydrogens is 227 g/mol. The smallest absolute Gasteiger partial charge is 0.314 e. The van der Waals surface area contributed by atoms with Gasteiger partial charge in [0.25, 0.3) is 0 Å². The van der Waals surface area contributed by atoms with Crippen molar-refractivity contribution < 1.29 is 13.2 Å². The van der Waals surface area contributed by atoms with Crippen LogP contribution in [0.5, 0.6) is 0 Å². The van der Waals surface area contributed by atoms with Crippen LogP contribution in [0.25, 0.3) is 0 Å². The highest BCUT2D eigenvalue weighted by molar-refractivity contribution is 4.77. The molecule has 0 aromatic rings. The number of halogens is 3. The van der Waals surface area contributed by atoms with Crippen molar-refractivity contribution >= 4 is 0 Å². The molecule has 1 fully saturated rings. The van der Waals surface area contributed by atoms with Gasteiger partial charge in [-0.3, -0.25) is 0 Å². The molecule has 1 aliphatic carbocycles. The molecule has 1 unspecified atom stereocenters. The van der Waals surface area contributed by atoms with Crippen molar-refractivity contribution in [1.29, 1.82) is 0 Å². The number of nitrogens with one attached hydrogen (secondary N) is 1. The highest BCUT2D eigenvalue weighted by Gasteiger charge is 2.27. The van der Waals surface area contributed by atoms with Crippen LogP contribution in [0.1, 0.15) is 58.3 Å². The average Bonchev–Trinajstić information content (AvgIpc) is 2.16. The minimum Gasteiger partial charge on any atom is -0.314 e. The molecule has 0 saturated heterocycles. The Hall–Kier alpha value is -0.250. The molecule has 0 aliphatic heterocycles. The van der Waals surface area contributed by atoms with E-state index in [0.717, 1.165) is 25.3 Å². The highest BCUT2D eigenvalue weighted by Crippen LogP contribution is 2.32. The van der Waals surface area contributed by atoms with E-state index in [0.29, 0.717) is 12.5 Å². The van der Waals surface area contributed by atoms with E-state index >= 15 is 0 Å². The zero-order chi connectivity index (χ0) is 12.7. The second kappa shape index (κ2) is 7.24. The van der Waals surface area contributed by atoms with E-state index in [1.807, 2.05) is 0 Å². The maximum atomic E-state index is 12.1. The lowest BCUT2D eigenvalue weighted by atomic mass is 9.80. The molecule has 0 radical (unpaired) electrons. The van der Waals surface area contributed by atoms with Crippen LogP contribution >= 0.6 is 0 Å². The van der Waals surface area contributed by atoms with Crippen LogP contribution in [-0.4, -0.2) is 18.8 Å². The summed E-state index contributed by atoms with van der Waals surface area (Å²) < 4.78 is 36.2. The van der Waals surface area contributed by atoms with E-state index in [2.05, 4.69) is 12.2 Å². The minimum absolute atomic E-state index is 0.262. The first-order chi connectivity index (χ1) is 8.01. The summed E-state index contributed by atoms with van der Waals surface area (Å²) in [4.78, 5) is 0. The van der Waals surface area contributed by atoms with Gasteiger partial charge < -0.3 is 5.32 Å². The predicted octanol–water partition coefficient (Wildman–Crippen LogP) is 4.28. The van der Waals surface area contributed by atoms with Crippen molar-refractivity contribution in [3.8, 4) is 0 Å². The van der Waals surface area contributed by atoms with Gasteiger partial charge in [0.05, 0.1) is 0 Å².